The van der Waals surface area contributed by atoms with E-state index in [9.17, 15) is 21.2 Å². The van der Waals surface area contributed by atoms with Gasteiger partial charge in [0.1, 0.15) is 21.9 Å². The molecule has 0 saturated heterocycles. The Morgan fingerprint density at radius 1 is 1.18 bits per heavy atom. The summed E-state index contributed by atoms with van der Waals surface area (Å²) in [6.45, 7) is 0. The predicted octanol–water partition coefficient (Wildman–Crippen LogP) is 1.44. The first-order valence-electron chi connectivity index (χ1n) is 6.23. The lowest BCUT2D eigenvalue weighted by Crippen LogP contribution is -2.17. The van der Waals surface area contributed by atoms with Crippen LogP contribution in [0.1, 0.15) is 5.69 Å². The van der Waals surface area contributed by atoms with Crippen LogP contribution >= 0.6 is 0 Å². The van der Waals surface area contributed by atoms with Crippen LogP contribution in [0.4, 0.5) is 4.39 Å². The lowest BCUT2D eigenvalue weighted by Gasteiger charge is -2.00. The number of aromatic nitrogens is 1. The highest BCUT2D eigenvalue weighted by molar-refractivity contribution is 7.94. The van der Waals surface area contributed by atoms with E-state index in [4.69, 9.17) is 4.42 Å². The smallest absolute Gasteiger partial charge is 0.226 e. The van der Waals surface area contributed by atoms with Gasteiger partial charge in [0.15, 0.2) is 9.84 Å². The van der Waals surface area contributed by atoms with Crippen LogP contribution in [0.15, 0.2) is 34.9 Å². The van der Waals surface area contributed by atoms with Gasteiger partial charge in [-0.1, -0.05) is 6.07 Å². The van der Waals surface area contributed by atoms with Crippen molar-refractivity contribution in [3.8, 4) is 11.5 Å². The lowest BCUT2D eigenvalue weighted by atomic mass is 10.2. The van der Waals surface area contributed by atoms with Crippen molar-refractivity contribution >= 4 is 19.7 Å². The van der Waals surface area contributed by atoms with Crippen LogP contribution in [0.3, 0.4) is 0 Å². The Bertz CT molecular complexity index is 871. The maximum absolute atomic E-state index is 13.1. The molecule has 1 heterocycles. The molecule has 0 amide bonds. The summed E-state index contributed by atoms with van der Waals surface area (Å²) in [5.41, 5.74) is 0.535. The van der Waals surface area contributed by atoms with Crippen LogP contribution in [-0.4, -0.2) is 39.6 Å². The second kappa shape index (κ2) is 6.17. The van der Waals surface area contributed by atoms with Crippen LogP contribution in [0, 0.1) is 5.82 Å². The minimum atomic E-state index is -3.62. The van der Waals surface area contributed by atoms with E-state index in [-0.39, 0.29) is 11.6 Å². The van der Waals surface area contributed by atoms with Crippen LogP contribution in [0.2, 0.25) is 0 Å². The minimum Gasteiger partial charge on any atom is -0.444 e. The molecule has 1 aromatic heterocycles. The summed E-state index contributed by atoms with van der Waals surface area (Å²) in [7, 11) is -6.98. The third-order valence-corrected chi connectivity index (χ3v) is 5.52. The molecule has 0 fully saturated rings. The van der Waals surface area contributed by atoms with Gasteiger partial charge in [0.25, 0.3) is 0 Å². The summed E-state index contributed by atoms with van der Waals surface area (Å²) in [6, 6.07) is 5.55. The van der Waals surface area contributed by atoms with Gasteiger partial charge in [0, 0.05) is 11.8 Å². The number of hydrogen-bond acceptors (Lipinski definition) is 6. The molecule has 0 radical (unpaired) electrons. The normalized spacial score (nSPS) is 12.5. The average Bonchev–Trinajstić information content (AvgIpc) is 2.84. The molecular formula is C13H14FNO5S2. The minimum absolute atomic E-state index is 0.104. The summed E-state index contributed by atoms with van der Waals surface area (Å²) in [5.74, 6) is -1.70. The average molecular weight is 347 g/mol. The molecule has 2 aromatic rings. The third-order valence-electron chi connectivity index (χ3n) is 2.76. The maximum atomic E-state index is 13.1. The standard InChI is InChI=1S/C13H14FNO5S2/c1-21(16,17)5-6-22(18,19)9-12-8-20-13(15-12)10-3-2-4-11(14)7-10/h2-4,7-8H,5-6,9H2,1H3. The van der Waals surface area contributed by atoms with Gasteiger partial charge in [-0.05, 0) is 18.2 Å². The van der Waals surface area contributed by atoms with Crippen LogP contribution in [0.25, 0.3) is 11.5 Å². The number of sulfone groups is 2. The van der Waals surface area contributed by atoms with Crippen molar-refractivity contribution < 1.29 is 25.6 Å². The first kappa shape index (κ1) is 16.6. The molecule has 0 spiro atoms. The molecule has 0 atom stereocenters. The van der Waals surface area contributed by atoms with Gasteiger partial charge in [-0.25, -0.2) is 26.2 Å². The van der Waals surface area contributed by atoms with Crippen molar-refractivity contribution in [1.82, 2.24) is 4.98 Å². The summed E-state index contributed by atoms with van der Waals surface area (Å²) < 4.78 is 64.0. The van der Waals surface area contributed by atoms with Gasteiger partial charge in [-0.2, -0.15) is 0 Å². The number of oxazole rings is 1. The Kier molecular flexibility index (Phi) is 4.66. The fraction of sp³-hybridized carbons (Fsp3) is 0.308. The van der Waals surface area contributed by atoms with Crippen molar-refractivity contribution in [2.24, 2.45) is 0 Å². The molecule has 1 aromatic carbocycles. The van der Waals surface area contributed by atoms with Gasteiger partial charge in [0.05, 0.1) is 23.0 Å². The van der Waals surface area contributed by atoms with Crippen LogP contribution < -0.4 is 0 Å². The quantitative estimate of drug-likeness (QED) is 0.785. The molecule has 120 valence electrons. The molecule has 0 N–H and O–H groups in total. The second-order valence-electron chi connectivity index (χ2n) is 4.88. The molecule has 0 aliphatic heterocycles. The monoisotopic (exact) mass is 347 g/mol. The van der Waals surface area contributed by atoms with E-state index in [1.54, 1.807) is 6.07 Å². The van der Waals surface area contributed by atoms with E-state index < -0.39 is 42.8 Å². The number of nitrogens with zero attached hydrogens (tertiary/aromatic N) is 1. The third kappa shape index (κ3) is 4.92. The summed E-state index contributed by atoms with van der Waals surface area (Å²) in [6.07, 6.45) is 2.14. The molecule has 0 bridgehead atoms. The Morgan fingerprint density at radius 2 is 1.91 bits per heavy atom. The number of halogens is 1. The Morgan fingerprint density at radius 3 is 2.55 bits per heavy atom. The van der Waals surface area contributed by atoms with E-state index in [1.807, 2.05) is 0 Å². The maximum Gasteiger partial charge on any atom is 0.226 e. The van der Waals surface area contributed by atoms with Crippen molar-refractivity contribution in [1.29, 1.82) is 0 Å². The van der Waals surface area contributed by atoms with Crippen molar-refractivity contribution in [3.05, 3.63) is 42.0 Å². The van der Waals surface area contributed by atoms with Gasteiger partial charge < -0.3 is 4.42 Å². The molecule has 2 rings (SSSR count). The molecular weight excluding hydrogens is 333 g/mol. The molecule has 6 nitrogen and oxygen atoms in total. The second-order valence-corrected chi connectivity index (χ2v) is 9.32. The zero-order valence-electron chi connectivity index (χ0n) is 11.7. The molecule has 0 unspecified atom stereocenters. The van der Waals surface area contributed by atoms with Gasteiger partial charge in [-0.3, -0.25) is 0 Å². The van der Waals surface area contributed by atoms with Crippen molar-refractivity contribution in [2.45, 2.75) is 5.75 Å². The topological polar surface area (TPSA) is 94.3 Å². The number of rotatable bonds is 6. The van der Waals surface area contributed by atoms with Gasteiger partial charge >= 0.3 is 0 Å². The first-order valence-corrected chi connectivity index (χ1v) is 10.1. The van der Waals surface area contributed by atoms with E-state index in [0.29, 0.717) is 5.56 Å². The summed E-state index contributed by atoms with van der Waals surface area (Å²) in [4.78, 5) is 3.99. The van der Waals surface area contributed by atoms with Crippen LogP contribution in [-0.2, 0) is 25.4 Å². The highest BCUT2D eigenvalue weighted by atomic mass is 32.2. The van der Waals surface area contributed by atoms with Crippen molar-refractivity contribution in [3.63, 3.8) is 0 Å². The Labute approximate surface area is 127 Å². The highest BCUT2D eigenvalue weighted by Gasteiger charge is 2.18. The summed E-state index contributed by atoms with van der Waals surface area (Å²) >= 11 is 0. The molecule has 0 aliphatic rings. The first-order chi connectivity index (χ1) is 10.1. The van der Waals surface area contributed by atoms with Crippen molar-refractivity contribution in [2.75, 3.05) is 17.8 Å². The lowest BCUT2D eigenvalue weighted by molar-refractivity contribution is 0.570. The van der Waals surface area contributed by atoms with E-state index in [2.05, 4.69) is 4.98 Å². The fourth-order valence-corrected chi connectivity index (χ4v) is 4.66. The SMILES string of the molecule is CS(=O)(=O)CCS(=O)(=O)Cc1coc(-c2cccc(F)c2)n1. The Balaban J connectivity index is 2.12. The fourth-order valence-electron chi connectivity index (χ4n) is 1.70. The van der Waals surface area contributed by atoms with E-state index >= 15 is 0 Å². The van der Waals surface area contributed by atoms with Gasteiger partial charge in [0.2, 0.25) is 5.89 Å². The highest BCUT2D eigenvalue weighted by Crippen LogP contribution is 2.20. The number of hydrogen-bond donors (Lipinski definition) is 0. The van der Waals surface area contributed by atoms with E-state index in [1.165, 1.54) is 18.2 Å². The van der Waals surface area contributed by atoms with Gasteiger partial charge in [-0.15, -0.1) is 0 Å². The molecule has 9 heteroatoms. The summed E-state index contributed by atoms with van der Waals surface area (Å²) in [5, 5.41) is 0. The van der Waals surface area contributed by atoms with Crippen LogP contribution in [0.5, 0.6) is 0 Å². The molecule has 0 saturated carbocycles. The number of benzene rings is 1. The van der Waals surface area contributed by atoms with E-state index in [0.717, 1.165) is 12.5 Å². The predicted molar refractivity (Wildman–Crippen MR) is 79.1 cm³/mol. The zero-order chi connectivity index (χ0) is 16.4. The zero-order valence-corrected chi connectivity index (χ0v) is 13.3. The largest absolute Gasteiger partial charge is 0.444 e. The molecule has 0 aliphatic carbocycles. The Hall–Kier alpha value is -1.74. The molecule has 22 heavy (non-hydrogen) atoms.